The fourth-order valence-corrected chi connectivity index (χ4v) is 2.26. The average molecular weight is 262 g/mol. The molecule has 0 aromatic heterocycles. The molecule has 1 aromatic carbocycles. The van der Waals surface area contributed by atoms with Gasteiger partial charge in [0.2, 0.25) is 0 Å². The number of hydrogen-bond donors (Lipinski definition) is 1. The zero-order valence-corrected chi connectivity index (χ0v) is 12.0. The number of nitrogen functional groups attached to an aromatic ring is 1. The highest BCUT2D eigenvalue weighted by Crippen LogP contribution is 2.28. The molecule has 1 aromatic rings. The lowest BCUT2D eigenvalue weighted by Gasteiger charge is -2.22. The quantitative estimate of drug-likeness (QED) is 0.549. The van der Waals surface area contributed by atoms with Crippen molar-refractivity contribution in [1.82, 2.24) is 4.90 Å². The number of para-hydroxylation sites is 1. The standard InChI is InChI=1S/C16H26N2O/c1-2-3-11-19-12-10-18(15-8-9-15)13-14-6-4-5-7-16(14)17/h4-7,15H,2-3,8-13,17H2,1H3. The van der Waals surface area contributed by atoms with Crippen LogP contribution in [0.15, 0.2) is 24.3 Å². The summed E-state index contributed by atoms with van der Waals surface area (Å²) in [6.07, 6.45) is 5.01. The van der Waals surface area contributed by atoms with Gasteiger partial charge in [-0.05, 0) is 30.9 Å². The number of anilines is 1. The molecule has 0 saturated heterocycles. The largest absolute Gasteiger partial charge is 0.398 e. The number of benzene rings is 1. The van der Waals surface area contributed by atoms with Crippen LogP contribution < -0.4 is 5.73 Å². The summed E-state index contributed by atoms with van der Waals surface area (Å²) < 4.78 is 5.68. The van der Waals surface area contributed by atoms with Crippen LogP contribution in [0.4, 0.5) is 5.69 Å². The van der Waals surface area contributed by atoms with Crippen molar-refractivity contribution in [3.8, 4) is 0 Å². The second-order valence-corrected chi connectivity index (χ2v) is 5.37. The van der Waals surface area contributed by atoms with E-state index >= 15 is 0 Å². The van der Waals surface area contributed by atoms with E-state index in [9.17, 15) is 0 Å². The number of nitrogens with two attached hydrogens (primary N) is 1. The topological polar surface area (TPSA) is 38.5 Å². The van der Waals surface area contributed by atoms with Gasteiger partial charge in [-0.15, -0.1) is 0 Å². The van der Waals surface area contributed by atoms with Gasteiger partial charge >= 0.3 is 0 Å². The van der Waals surface area contributed by atoms with E-state index in [2.05, 4.69) is 24.0 Å². The van der Waals surface area contributed by atoms with E-state index in [0.29, 0.717) is 0 Å². The van der Waals surface area contributed by atoms with E-state index in [1.54, 1.807) is 0 Å². The van der Waals surface area contributed by atoms with Gasteiger partial charge in [0.05, 0.1) is 6.61 Å². The summed E-state index contributed by atoms with van der Waals surface area (Å²) in [5, 5.41) is 0. The molecule has 1 aliphatic rings. The zero-order chi connectivity index (χ0) is 13.5. The first-order valence-corrected chi connectivity index (χ1v) is 7.46. The van der Waals surface area contributed by atoms with Crippen LogP contribution in [0, 0.1) is 0 Å². The first kappa shape index (κ1) is 14.4. The fraction of sp³-hybridized carbons (Fsp3) is 0.625. The zero-order valence-electron chi connectivity index (χ0n) is 12.0. The number of rotatable bonds is 9. The Kier molecular flexibility index (Phi) is 5.67. The Morgan fingerprint density at radius 3 is 2.74 bits per heavy atom. The highest BCUT2D eigenvalue weighted by Gasteiger charge is 2.28. The Bertz CT molecular complexity index is 377. The molecule has 1 aliphatic carbocycles. The van der Waals surface area contributed by atoms with Crippen molar-refractivity contribution < 1.29 is 4.74 Å². The molecule has 0 bridgehead atoms. The summed E-state index contributed by atoms with van der Waals surface area (Å²) in [5.41, 5.74) is 8.17. The molecule has 3 heteroatoms. The van der Waals surface area contributed by atoms with Gasteiger partial charge in [-0.2, -0.15) is 0 Å². The lowest BCUT2D eigenvalue weighted by Crippen LogP contribution is -2.29. The second-order valence-electron chi connectivity index (χ2n) is 5.37. The van der Waals surface area contributed by atoms with Crippen LogP contribution in [0.1, 0.15) is 38.2 Å². The normalized spacial score (nSPS) is 15.1. The summed E-state index contributed by atoms with van der Waals surface area (Å²) in [6, 6.07) is 8.91. The highest BCUT2D eigenvalue weighted by atomic mass is 16.5. The Hall–Kier alpha value is -1.06. The number of nitrogens with zero attached hydrogens (tertiary/aromatic N) is 1. The predicted octanol–water partition coefficient (Wildman–Crippen LogP) is 3.05. The van der Waals surface area contributed by atoms with Crippen LogP contribution in [-0.2, 0) is 11.3 Å². The van der Waals surface area contributed by atoms with Crippen LogP contribution in [0.2, 0.25) is 0 Å². The minimum Gasteiger partial charge on any atom is -0.398 e. The maximum atomic E-state index is 6.03. The van der Waals surface area contributed by atoms with Gasteiger partial charge < -0.3 is 10.5 Å². The number of hydrogen-bond acceptors (Lipinski definition) is 3. The fourth-order valence-electron chi connectivity index (χ4n) is 2.26. The smallest absolute Gasteiger partial charge is 0.0593 e. The van der Waals surface area contributed by atoms with E-state index in [4.69, 9.17) is 10.5 Å². The lowest BCUT2D eigenvalue weighted by molar-refractivity contribution is 0.0963. The van der Waals surface area contributed by atoms with E-state index in [1.807, 2.05) is 12.1 Å². The van der Waals surface area contributed by atoms with E-state index < -0.39 is 0 Å². The third kappa shape index (κ3) is 4.84. The van der Waals surface area contributed by atoms with Crippen molar-refractivity contribution in [2.24, 2.45) is 0 Å². The third-order valence-electron chi connectivity index (χ3n) is 3.66. The first-order chi connectivity index (χ1) is 9.31. The number of ether oxygens (including phenoxy) is 1. The molecule has 0 radical (unpaired) electrons. The SMILES string of the molecule is CCCCOCCN(Cc1ccccc1N)C1CC1. The molecular formula is C16H26N2O. The third-order valence-corrected chi connectivity index (χ3v) is 3.66. The predicted molar refractivity (Wildman–Crippen MR) is 80.0 cm³/mol. The van der Waals surface area contributed by atoms with Crippen molar-refractivity contribution in [3.05, 3.63) is 29.8 Å². The molecule has 0 unspecified atom stereocenters. The molecule has 2 rings (SSSR count). The Labute approximate surface area is 116 Å². The van der Waals surface area contributed by atoms with Gasteiger partial charge in [-0.1, -0.05) is 31.5 Å². The monoisotopic (exact) mass is 262 g/mol. The molecule has 0 aliphatic heterocycles. The summed E-state index contributed by atoms with van der Waals surface area (Å²) in [6.45, 7) is 5.89. The Balaban J connectivity index is 1.78. The van der Waals surface area contributed by atoms with Crippen molar-refractivity contribution >= 4 is 5.69 Å². The molecule has 0 heterocycles. The summed E-state index contributed by atoms with van der Waals surface area (Å²) in [7, 11) is 0. The van der Waals surface area contributed by atoms with Crippen molar-refractivity contribution in [3.63, 3.8) is 0 Å². The van der Waals surface area contributed by atoms with Gasteiger partial charge in [-0.3, -0.25) is 4.90 Å². The van der Waals surface area contributed by atoms with E-state index in [-0.39, 0.29) is 0 Å². The van der Waals surface area contributed by atoms with Gasteiger partial charge in [0, 0.05) is 31.4 Å². The van der Waals surface area contributed by atoms with Gasteiger partial charge in [0.15, 0.2) is 0 Å². The van der Waals surface area contributed by atoms with Gasteiger partial charge in [0.1, 0.15) is 0 Å². The van der Waals surface area contributed by atoms with Crippen LogP contribution in [0.3, 0.4) is 0 Å². The maximum Gasteiger partial charge on any atom is 0.0593 e. The summed E-state index contributed by atoms with van der Waals surface area (Å²) in [4.78, 5) is 2.51. The molecule has 19 heavy (non-hydrogen) atoms. The van der Waals surface area contributed by atoms with Crippen LogP contribution >= 0.6 is 0 Å². The Morgan fingerprint density at radius 2 is 2.05 bits per heavy atom. The molecule has 1 fully saturated rings. The van der Waals surface area contributed by atoms with E-state index in [1.165, 1.54) is 24.8 Å². The Morgan fingerprint density at radius 1 is 1.26 bits per heavy atom. The molecule has 106 valence electrons. The molecule has 0 atom stereocenters. The second kappa shape index (κ2) is 7.51. The minimum atomic E-state index is 0.745. The van der Waals surface area contributed by atoms with Crippen LogP contribution in [-0.4, -0.2) is 30.7 Å². The lowest BCUT2D eigenvalue weighted by atomic mass is 10.1. The van der Waals surface area contributed by atoms with Crippen LogP contribution in [0.5, 0.6) is 0 Å². The van der Waals surface area contributed by atoms with E-state index in [0.717, 1.165) is 44.5 Å². The summed E-state index contributed by atoms with van der Waals surface area (Å²) >= 11 is 0. The van der Waals surface area contributed by atoms with Crippen LogP contribution in [0.25, 0.3) is 0 Å². The molecular weight excluding hydrogens is 236 g/mol. The summed E-state index contributed by atoms with van der Waals surface area (Å²) in [5.74, 6) is 0. The minimum absolute atomic E-state index is 0.745. The maximum absolute atomic E-state index is 6.03. The molecule has 0 spiro atoms. The van der Waals surface area contributed by atoms with Gasteiger partial charge in [-0.25, -0.2) is 0 Å². The number of unbranched alkanes of at least 4 members (excludes halogenated alkanes) is 1. The van der Waals surface area contributed by atoms with Crippen molar-refractivity contribution in [2.75, 3.05) is 25.5 Å². The van der Waals surface area contributed by atoms with Crippen molar-refractivity contribution in [2.45, 2.75) is 45.2 Å². The molecule has 1 saturated carbocycles. The first-order valence-electron chi connectivity index (χ1n) is 7.46. The molecule has 0 amide bonds. The van der Waals surface area contributed by atoms with Crippen molar-refractivity contribution in [1.29, 1.82) is 0 Å². The average Bonchev–Trinajstić information content (AvgIpc) is 3.24. The van der Waals surface area contributed by atoms with Gasteiger partial charge in [0.25, 0.3) is 0 Å². The molecule has 3 nitrogen and oxygen atoms in total. The molecule has 2 N–H and O–H groups in total. The highest BCUT2D eigenvalue weighted by molar-refractivity contribution is 5.46.